The highest BCUT2D eigenvalue weighted by molar-refractivity contribution is 7.86. The topological polar surface area (TPSA) is 124 Å². The van der Waals surface area contributed by atoms with E-state index in [4.69, 9.17) is 13.7 Å². The van der Waals surface area contributed by atoms with Crippen molar-refractivity contribution in [2.75, 3.05) is 19.8 Å². The van der Waals surface area contributed by atoms with Crippen molar-refractivity contribution in [3.63, 3.8) is 0 Å². The molecule has 2 heterocycles. The Morgan fingerprint density at radius 3 is 2.62 bits per heavy atom. The Morgan fingerprint density at radius 1 is 1.18 bits per heavy atom. The third kappa shape index (κ3) is 5.23. The highest BCUT2D eigenvalue weighted by Gasteiger charge is 2.24. The second kappa shape index (κ2) is 9.86. The summed E-state index contributed by atoms with van der Waals surface area (Å²) in [5.74, 6) is -0.520. The van der Waals surface area contributed by atoms with E-state index in [1.165, 1.54) is 12.1 Å². The number of nitrogens with one attached hydrogen (secondary N) is 2. The zero-order valence-corrected chi connectivity index (χ0v) is 19.7. The summed E-state index contributed by atoms with van der Waals surface area (Å²) in [5, 5.41) is 3.51. The number of hydrogen-bond donors (Lipinski definition) is 2. The molecule has 0 saturated carbocycles. The maximum atomic E-state index is 12.6. The lowest BCUT2D eigenvalue weighted by Crippen LogP contribution is -2.28. The van der Waals surface area contributed by atoms with Crippen LogP contribution in [0.5, 0.6) is 0 Å². The molecule has 1 fully saturated rings. The van der Waals surface area contributed by atoms with Gasteiger partial charge in [-0.05, 0) is 55.7 Å². The zero-order valence-electron chi connectivity index (χ0n) is 18.9. The fraction of sp³-hybridized carbons (Fsp3) is 0.333. The van der Waals surface area contributed by atoms with E-state index < -0.39 is 22.2 Å². The average molecular weight is 487 g/mol. The maximum absolute atomic E-state index is 12.6. The molecule has 0 radical (unpaired) electrons. The Balaban J connectivity index is 1.58. The number of rotatable bonds is 9. The van der Waals surface area contributed by atoms with Gasteiger partial charge in [-0.2, -0.15) is 8.42 Å². The van der Waals surface area contributed by atoms with E-state index in [1.807, 2.05) is 25.1 Å². The molecule has 34 heavy (non-hydrogen) atoms. The number of cyclic esters (lactones) is 1. The summed E-state index contributed by atoms with van der Waals surface area (Å²) in [4.78, 5) is 27.1. The lowest BCUT2D eigenvalue weighted by molar-refractivity contribution is 0.0519. The van der Waals surface area contributed by atoms with Gasteiger partial charge in [0.1, 0.15) is 12.3 Å². The molecule has 2 aromatic carbocycles. The summed E-state index contributed by atoms with van der Waals surface area (Å²) < 4.78 is 40.5. The molecule has 1 saturated heterocycles. The average Bonchev–Trinajstić information content (AvgIpc) is 3.37. The third-order valence-corrected chi connectivity index (χ3v) is 6.90. The van der Waals surface area contributed by atoms with E-state index in [-0.39, 0.29) is 42.9 Å². The van der Waals surface area contributed by atoms with Crippen molar-refractivity contribution in [3.05, 3.63) is 64.8 Å². The van der Waals surface area contributed by atoms with E-state index in [9.17, 15) is 18.0 Å². The van der Waals surface area contributed by atoms with Crippen molar-refractivity contribution in [3.8, 4) is 0 Å². The minimum atomic E-state index is -3.94. The van der Waals surface area contributed by atoms with Crippen molar-refractivity contribution >= 4 is 33.1 Å². The van der Waals surface area contributed by atoms with Crippen LogP contribution in [0.1, 0.15) is 34.1 Å². The Kier molecular flexibility index (Phi) is 6.90. The first kappa shape index (κ1) is 23.8. The van der Waals surface area contributed by atoms with Crippen molar-refractivity contribution < 1.29 is 31.7 Å². The molecule has 0 bridgehead atoms. The fourth-order valence-corrected chi connectivity index (χ4v) is 4.81. The van der Waals surface area contributed by atoms with Crippen LogP contribution in [-0.4, -0.2) is 51.3 Å². The largest absolute Gasteiger partial charge is 0.461 e. The van der Waals surface area contributed by atoms with Gasteiger partial charge in [-0.1, -0.05) is 23.8 Å². The molecule has 4 rings (SSSR count). The van der Waals surface area contributed by atoms with Crippen LogP contribution in [0.15, 0.2) is 47.4 Å². The van der Waals surface area contributed by atoms with E-state index in [2.05, 4.69) is 10.3 Å². The molecule has 1 amide bonds. The van der Waals surface area contributed by atoms with Gasteiger partial charge in [0.15, 0.2) is 0 Å². The highest BCUT2D eigenvalue weighted by atomic mass is 32.2. The number of aromatic amines is 1. The molecular formula is C24H26N2O7S. The Labute approximate surface area is 197 Å². The monoisotopic (exact) mass is 486 g/mol. The number of benzene rings is 2. The summed E-state index contributed by atoms with van der Waals surface area (Å²) in [6.07, 6.45) is 0.288. The van der Waals surface area contributed by atoms with Crippen molar-refractivity contribution in [1.82, 2.24) is 10.3 Å². The van der Waals surface area contributed by atoms with Gasteiger partial charge in [0.25, 0.3) is 10.1 Å². The molecule has 10 heteroatoms. The number of hydrogen-bond acceptors (Lipinski definition) is 7. The fourth-order valence-electron chi connectivity index (χ4n) is 3.91. The number of ether oxygens (including phenoxy) is 2. The lowest BCUT2D eigenvalue weighted by Gasteiger charge is -2.09. The first-order chi connectivity index (χ1) is 16.3. The molecule has 1 aromatic heterocycles. The number of aromatic nitrogens is 1. The smallest absolute Gasteiger partial charge is 0.407 e. The Bertz CT molecular complexity index is 1310. The number of esters is 1. The van der Waals surface area contributed by atoms with Crippen LogP contribution in [0.25, 0.3) is 10.9 Å². The Morgan fingerprint density at radius 2 is 1.94 bits per heavy atom. The summed E-state index contributed by atoms with van der Waals surface area (Å²) >= 11 is 0. The highest BCUT2D eigenvalue weighted by Crippen LogP contribution is 2.26. The summed E-state index contributed by atoms with van der Waals surface area (Å²) in [7, 11) is -3.94. The van der Waals surface area contributed by atoms with Crippen LogP contribution in [0, 0.1) is 6.92 Å². The second-order valence-electron chi connectivity index (χ2n) is 8.06. The van der Waals surface area contributed by atoms with Crippen LogP contribution in [-0.2, 0) is 36.6 Å². The molecule has 9 nitrogen and oxygen atoms in total. The van der Waals surface area contributed by atoms with Gasteiger partial charge >= 0.3 is 12.1 Å². The maximum Gasteiger partial charge on any atom is 0.407 e. The minimum absolute atomic E-state index is 0.0748. The molecule has 0 aliphatic carbocycles. The van der Waals surface area contributed by atoms with Crippen LogP contribution >= 0.6 is 0 Å². The van der Waals surface area contributed by atoms with Crippen LogP contribution < -0.4 is 5.32 Å². The molecule has 0 spiro atoms. The van der Waals surface area contributed by atoms with Gasteiger partial charge in [-0.3, -0.25) is 4.18 Å². The first-order valence-electron chi connectivity index (χ1n) is 11.0. The third-order valence-electron chi connectivity index (χ3n) is 5.57. The van der Waals surface area contributed by atoms with Gasteiger partial charge in [-0.25, -0.2) is 9.59 Å². The van der Waals surface area contributed by atoms with Gasteiger partial charge in [-0.15, -0.1) is 0 Å². The number of carbonyl (C=O) groups is 2. The SMILES string of the molecule is CCOC(=O)c1[nH]c2ccc(C[C@H]3COC(=O)N3)cc2c1CCOS(=O)(=O)c1ccc(C)cc1. The quantitative estimate of drug-likeness (QED) is 0.351. The van der Waals surface area contributed by atoms with Crippen molar-refractivity contribution in [1.29, 1.82) is 0 Å². The van der Waals surface area contributed by atoms with E-state index in [0.29, 0.717) is 12.0 Å². The predicted molar refractivity (Wildman–Crippen MR) is 124 cm³/mol. The van der Waals surface area contributed by atoms with E-state index >= 15 is 0 Å². The normalized spacial score (nSPS) is 15.8. The molecular weight excluding hydrogens is 460 g/mol. The molecule has 1 aliphatic rings. The van der Waals surface area contributed by atoms with Gasteiger partial charge in [0.05, 0.1) is 24.2 Å². The van der Waals surface area contributed by atoms with Crippen LogP contribution in [0.3, 0.4) is 0 Å². The number of fused-ring (bicyclic) bond motifs is 1. The first-order valence-corrected chi connectivity index (χ1v) is 12.4. The van der Waals surface area contributed by atoms with Gasteiger partial charge in [0, 0.05) is 17.3 Å². The summed E-state index contributed by atoms with van der Waals surface area (Å²) in [6.45, 7) is 3.93. The summed E-state index contributed by atoms with van der Waals surface area (Å²) in [5.41, 5.74) is 3.47. The van der Waals surface area contributed by atoms with Crippen molar-refractivity contribution in [2.45, 2.75) is 37.6 Å². The number of alkyl carbamates (subject to hydrolysis) is 1. The molecule has 1 aliphatic heterocycles. The standard InChI is InChI=1S/C24H26N2O7S/c1-3-31-23(27)22-19(10-11-33-34(29,30)18-7-4-15(2)5-8-18)20-13-16(6-9-21(20)26-22)12-17-14-32-24(28)25-17/h4-9,13,17,26H,3,10-12,14H2,1-2H3,(H,25,28)/t17-/m0/s1. The second-order valence-corrected chi connectivity index (χ2v) is 9.68. The number of carbonyl (C=O) groups excluding carboxylic acids is 2. The van der Waals surface area contributed by atoms with Gasteiger partial charge < -0.3 is 19.8 Å². The number of H-pyrrole nitrogens is 1. The summed E-state index contributed by atoms with van der Waals surface area (Å²) in [6, 6.07) is 11.9. The number of amides is 1. The molecule has 3 aromatic rings. The molecule has 2 N–H and O–H groups in total. The van der Waals surface area contributed by atoms with E-state index in [1.54, 1.807) is 19.1 Å². The minimum Gasteiger partial charge on any atom is -0.461 e. The number of aryl methyl sites for hydroxylation is 1. The van der Waals surface area contributed by atoms with Gasteiger partial charge in [0.2, 0.25) is 0 Å². The van der Waals surface area contributed by atoms with Crippen LogP contribution in [0.2, 0.25) is 0 Å². The molecule has 0 unspecified atom stereocenters. The Hall–Kier alpha value is -3.37. The van der Waals surface area contributed by atoms with Crippen LogP contribution in [0.4, 0.5) is 4.79 Å². The van der Waals surface area contributed by atoms with E-state index in [0.717, 1.165) is 22.0 Å². The zero-order chi connectivity index (χ0) is 24.3. The van der Waals surface area contributed by atoms with Crippen molar-refractivity contribution in [2.24, 2.45) is 0 Å². The molecule has 1 atom stereocenters. The lowest BCUT2D eigenvalue weighted by atomic mass is 10.0. The predicted octanol–water partition coefficient (Wildman–Crippen LogP) is 3.25. The molecule has 180 valence electrons.